The number of benzene rings is 2. The molecule has 1 heterocycles. The molecular weight excluding hydrogens is 397 g/mol. The van der Waals surface area contributed by atoms with Crippen molar-refractivity contribution in [2.75, 3.05) is 7.11 Å². The van der Waals surface area contributed by atoms with Crippen molar-refractivity contribution in [2.24, 2.45) is 0 Å². The first-order valence-electron chi connectivity index (χ1n) is 7.40. The first-order chi connectivity index (χ1) is 11.9. The number of ether oxygens (including phenoxy) is 1. The highest BCUT2D eigenvalue weighted by Gasteiger charge is 2.30. The number of hydrogen-bond acceptors (Lipinski definition) is 2. The third kappa shape index (κ3) is 3.71. The van der Waals surface area contributed by atoms with E-state index in [1.54, 1.807) is 13.4 Å². The molecule has 3 rings (SSSR count). The monoisotopic (exact) mass is 410 g/mol. The fraction of sp³-hybridized carbons (Fsp3) is 0.167. The molecule has 0 saturated heterocycles. The number of methoxy groups -OCH3 is 1. The molecule has 0 fully saturated rings. The summed E-state index contributed by atoms with van der Waals surface area (Å²) < 4.78 is 45.9. The summed E-state index contributed by atoms with van der Waals surface area (Å²) in [6, 6.07) is 12.6. The van der Waals surface area contributed by atoms with Crippen molar-refractivity contribution in [1.29, 1.82) is 0 Å². The van der Waals surface area contributed by atoms with Gasteiger partial charge < -0.3 is 9.30 Å². The lowest BCUT2D eigenvalue weighted by atomic mass is 10.1. The molecule has 0 spiro atoms. The van der Waals surface area contributed by atoms with Crippen LogP contribution in [-0.2, 0) is 12.7 Å². The Bertz CT molecular complexity index is 873. The highest BCUT2D eigenvalue weighted by atomic mass is 79.9. The molecule has 25 heavy (non-hydrogen) atoms. The molecule has 0 amide bonds. The molecular formula is C18H14BrF3N2O. The quantitative estimate of drug-likeness (QED) is 0.576. The van der Waals surface area contributed by atoms with E-state index >= 15 is 0 Å². The second-order valence-electron chi connectivity index (χ2n) is 5.40. The van der Waals surface area contributed by atoms with Gasteiger partial charge in [-0.05, 0) is 34.1 Å². The van der Waals surface area contributed by atoms with Crippen LogP contribution in [0.4, 0.5) is 13.2 Å². The Balaban J connectivity index is 1.89. The van der Waals surface area contributed by atoms with Gasteiger partial charge in [0.1, 0.15) is 16.0 Å². The molecule has 0 bridgehead atoms. The number of nitrogens with zero attached hydrogens (tertiary/aromatic N) is 2. The number of para-hydroxylation sites is 1. The van der Waals surface area contributed by atoms with Crippen LogP contribution in [0, 0.1) is 0 Å². The van der Waals surface area contributed by atoms with E-state index in [4.69, 9.17) is 4.74 Å². The number of aromatic nitrogens is 2. The maximum absolute atomic E-state index is 12.7. The molecule has 0 unspecified atom stereocenters. The highest BCUT2D eigenvalue weighted by molar-refractivity contribution is 9.10. The molecule has 3 aromatic rings. The van der Waals surface area contributed by atoms with Crippen LogP contribution in [0.1, 0.15) is 11.1 Å². The van der Waals surface area contributed by atoms with Gasteiger partial charge >= 0.3 is 6.18 Å². The molecule has 7 heteroatoms. The Morgan fingerprint density at radius 3 is 2.40 bits per heavy atom. The summed E-state index contributed by atoms with van der Waals surface area (Å²) in [7, 11) is 1.61. The molecule has 0 saturated carbocycles. The van der Waals surface area contributed by atoms with E-state index in [1.165, 1.54) is 12.1 Å². The van der Waals surface area contributed by atoms with Crippen LogP contribution in [0.15, 0.2) is 59.5 Å². The molecule has 1 aromatic heterocycles. The minimum atomic E-state index is -4.35. The molecule has 2 aromatic carbocycles. The molecule has 0 aliphatic rings. The molecule has 0 N–H and O–H groups in total. The third-order valence-corrected chi connectivity index (χ3v) is 4.62. The van der Waals surface area contributed by atoms with E-state index in [9.17, 15) is 13.2 Å². The van der Waals surface area contributed by atoms with Crippen molar-refractivity contribution in [3.63, 3.8) is 0 Å². The Kier molecular flexibility index (Phi) is 4.85. The second kappa shape index (κ2) is 6.92. The summed E-state index contributed by atoms with van der Waals surface area (Å²) >= 11 is 3.49. The maximum Gasteiger partial charge on any atom is 0.416 e. The van der Waals surface area contributed by atoms with Gasteiger partial charge in [-0.1, -0.05) is 30.3 Å². The van der Waals surface area contributed by atoms with Crippen LogP contribution in [0.3, 0.4) is 0 Å². The first kappa shape index (κ1) is 17.5. The zero-order chi connectivity index (χ0) is 18.0. The average Bonchev–Trinajstić information content (AvgIpc) is 2.95. The van der Waals surface area contributed by atoms with Crippen LogP contribution in [0.25, 0.3) is 11.3 Å². The fourth-order valence-electron chi connectivity index (χ4n) is 2.51. The first-order valence-corrected chi connectivity index (χ1v) is 8.19. The zero-order valence-corrected chi connectivity index (χ0v) is 14.8. The predicted molar refractivity (Wildman–Crippen MR) is 92.5 cm³/mol. The minimum Gasteiger partial charge on any atom is -0.496 e. The molecule has 0 atom stereocenters. The van der Waals surface area contributed by atoms with Gasteiger partial charge in [0.05, 0.1) is 25.5 Å². The van der Waals surface area contributed by atoms with Gasteiger partial charge in [-0.25, -0.2) is 4.98 Å². The Labute approximate surface area is 151 Å². The summed E-state index contributed by atoms with van der Waals surface area (Å²) in [6.45, 7) is 0.526. The zero-order valence-electron chi connectivity index (χ0n) is 13.2. The van der Waals surface area contributed by atoms with Crippen LogP contribution in [0.5, 0.6) is 5.75 Å². The minimum absolute atomic E-state index is 0.526. The predicted octanol–water partition coefficient (Wildman–Crippen LogP) is 5.39. The molecule has 0 aliphatic heterocycles. The number of hydrogen-bond donors (Lipinski definition) is 0. The van der Waals surface area contributed by atoms with Gasteiger partial charge in [-0.2, -0.15) is 13.2 Å². The van der Waals surface area contributed by atoms with Gasteiger partial charge in [0.25, 0.3) is 0 Å². The number of alkyl halides is 3. The smallest absolute Gasteiger partial charge is 0.416 e. The van der Waals surface area contributed by atoms with Crippen molar-refractivity contribution >= 4 is 15.9 Å². The van der Waals surface area contributed by atoms with Gasteiger partial charge in [0.2, 0.25) is 0 Å². The SMILES string of the molecule is COc1ccccc1Cn1cnc(-c2ccc(C(F)(F)F)cc2)c1Br. The largest absolute Gasteiger partial charge is 0.496 e. The summed E-state index contributed by atoms with van der Waals surface area (Å²) in [4.78, 5) is 4.32. The molecule has 3 nitrogen and oxygen atoms in total. The van der Waals surface area contributed by atoms with Crippen molar-refractivity contribution in [3.05, 3.63) is 70.6 Å². The van der Waals surface area contributed by atoms with Gasteiger partial charge in [-0.3, -0.25) is 0 Å². The summed E-state index contributed by atoms with van der Waals surface area (Å²) in [5, 5.41) is 0. The standard InChI is InChI=1S/C18H14BrF3N2O/c1-25-15-5-3-2-4-13(15)10-24-11-23-16(17(24)19)12-6-8-14(9-7-12)18(20,21)22/h2-9,11H,10H2,1H3. The lowest BCUT2D eigenvalue weighted by Crippen LogP contribution is -2.04. The fourth-order valence-corrected chi connectivity index (χ4v) is 3.05. The normalized spacial score (nSPS) is 11.6. The van der Waals surface area contributed by atoms with E-state index in [2.05, 4.69) is 20.9 Å². The van der Waals surface area contributed by atoms with Crippen LogP contribution in [0.2, 0.25) is 0 Å². The molecule has 0 aliphatic carbocycles. The molecule has 0 radical (unpaired) electrons. The van der Waals surface area contributed by atoms with E-state index < -0.39 is 11.7 Å². The number of halogens is 4. The van der Waals surface area contributed by atoms with E-state index in [1.807, 2.05) is 28.8 Å². The Hall–Kier alpha value is -2.28. The maximum atomic E-state index is 12.7. The van der Waals surface area contributed by atoms with Crippen molar-refractivity contribution < 1.29 is 17.9 Å². The number of rotatable bonds is 4. The van der Waals surface area contributed by atoms with Crippen molar-refractivity contribution in [3.8, 4) is 17.0 Å². The Morgan fingerprint density at radius 2 is 1.76 bits per heavy atom. The summed E-state index contributed by atoms with van der Waals surface area (Å²) in [5.74, 6) is 0.763. The molecule has 130 valence electrons. The highest BCUT2D eigenvalue weighted by Crippen LogP contribution is 2.33. The van der Waals surface area contributed by atoms with Crippen LogP contribution in [-0.4, -0.2) is 16.7 Å². The van der Waals surface area contributed by atoms with Crippen LogP contribution < -0.4 is 4.74 Å². The van der Waals surface area contributed by atoms with Gasteiger partial charge in [0.15, 0.2) is 0 Å². The second-order valence-corrected chi connectivity index (χ2v) is 6.15. The Morgan fingerprint density at radius 1 is 1.08 bits per heavy atom. The van der Waals surface area contributed by atoms with E-state index in [0.29, 0.717) is 22.4 Å². The third-order valence-electron chi connectivity index (χ3n) is 3.79. The lowest BCUT2D eigenvalue weighted by Gasteiger charge is -2.10. The summed E-state index contributed by atoms with van der Waals surface area (Å²) in [5.41, 5.74) is 1.49. The van der Waals surface area contributed by atoms with Gasteiger partial charge in [-0.15, -0.1) is 0 Å². The average molecular weight is 411 g/mol. The van der Waals surface area contributed by atoms with Gasteiger partial charge in [0, 0.05) is 11.1 Å². The van der Waals surface area contributed by atoms with Crippen molar-refractivity contribution in [1.82, 2.24) is 9.55 Å². The van der Waals surface area contributed by atoms with Crippen LogP contribution >= 0.6 is 15.9 Å². The number of imidazole rings is 1. The van der Waals surface area contributed by atoms with E-state index in [0.717, 1.165) is 23.4 Å². The topological polar surface area (TPSA) is 27.1 Å². The summed E-state index contributed by atoms with van der Waals surface area (Å²) in [6.07, 6.45) is -2.71. The lowest BCUT2D eigenvalue weighted by molar-refractivity contribution is -0.137. The van der Waals surface area contributed by atoms with Crippen molar-refractivity contribution in [2.45, 2.75) is 12.7 Å². The van der Waals surface area contributed by atoms with E-state index in [-0.39, 0.29) is 0 Å².